The van der Waals surface area contributed by atoms with Gasteiger partial charge in [0.05, 0.1) is 0 Å². The lowest BCUT2D eigenvalue weighted by Crippen LogP contribution is -1.98. The van der Waals surface area contributed by atoms with Gasteiger partial charge in [-0.3, -0.25) is 0 Å². The molecule has 0 radical (unpaired) electrons. The van der Waals surface area contributed by atoms with Crippen LogP contribution in [0.5, 0.6) is 0 Å². The van der Waals surface area contributed by atoms with Crippen molar-refractivity contribution in [1.29, 1.82) is 0 Å². The van der Waals surface area contributed by atoms with Gasteiger partial charge in [-0.15, -0.1) is 0 Å². The quantitative estimate of drug-likeness (QED) is 0.773. The number of fused-ring (bicyclic) bond motifs is 1. The van der Waals surface area contributed by atoms with Gasteiger partial charge in [-0.05, 0) is 29.7 Å². The monoisotopic (exact) mass is 221 g/mol. The van der Waals surface area contributed by atoms with E-state index in [0.717, 1.165) is 12.2 Å². The van der Waals surface area contributed by atoms with Crippen molar-refractivity contribution < 1.29 is 0 Å². The maximum Gasteiger partial charge on any atom is 0.0407 e. The zero-order chi connectivity index (χ0) is 11.8. The van der Waals surface area contributed by atoms with Crippen LogP contribution in [-0.2, 0) is 6.54 Å². The Hall–Kier alpha value is -2.02. The highest BCUT2D eigenvalue weighted by atomic mass is 14.9. The van der Waals surface area contributed by atoms with E-state index < -0.39 is 0 Å². The minimum atomic E-state index is 0.897. The summed E-state index contributed by atoms with van der Waals surface area (Å²) in [7, 11) is 0. The van der Waals surface area contributed by atoms with Gasteiger partial charge in [-0.25, -0.2) is 0 Å². The predicted octanol–water partition coefficient (Wildman–Crippen LogP) is 3.74. The smallest absolute Gasteiger partial charge is 0.0407 e. The lowest BCUT2D eigenvalue weighted by Gasteiger charge is -2.05. The molecule has 1 heterocycles. The molecule has 1 heteroatoms. The summed E-state index contributed by atoms with van der Waals surface area (Å²) in [5, 5.41) is 3.28. The van der Waals surface area contributed by atoms with Crippen LogP contribution in [0.4, 0.5) is 0 Å². The molecule has 1 nitrogen and oxygen atoms in total. The molecule has 0 aliphatic carbocycles. The van der Waals surface area contributed by atoms with Gasteiger partial charge in [0.1, 0.15) is 0 Å². The number of benzene rings is 2. The van der Waals surface area contributed by atoms with E-state index in [0.29, 0.717) is 0 Å². The highest BCUT2D eigenvalue weighted by Gasteiger charge is 2.13. The first-order valence-corrected chi connectivity index (χ1v) is 5.87. The van der Waals surface area contributed by atoms with E-state index in [1.54, 1.807) is 0 Å². The third kappa shape index (κ3) is 1.74. The van der Waals surface area contributed by atoms with Crippen LogP contribution in [0.2, 0.25) is 0 Å². The molecule has 84 valence electrons. The Morgan fingerprint density at radius 3 is 2.47 bits per heavy atom. The Bertz CT molecular complexity index is 579. The summed E-state index contributed by atoms with van der Waals surface area (Å²) in [6, 6.07) is 15.2. The Balaban J connectivity index is 2.05. The summed E-state index contributed by atoms with van der Waals surface area (Å²) in [5.41, 5.74) is 7.48. The molecule has 2 aromatic rings. The van der Waals surface area contributed by atoms with Gasteiger partial charge in [0.25, 0.3) is 0 Å². The van der Waals surface area contributed by atoms with E-state index >= 15 is 0 Å². The van der Waals surface area contributed by atoms with Crippen molar-refractivity contribution in [2.75, 3.05) is 0 Å². The van der Waals surface area contributed by atoms with E-state index in [4.69, 9.17) is 0 Å². The molecule has 2 aromatic carbocycles. The molecule has 1 aliphatic rings. The summed E-state index contributed by atoms with van der Waals surface area (Å²) < 4.78 is 0. The van der Waals surface area contributed by atoms with Crippen LogP contribution in [0.25, 0.3) is 16.8 Å². The van der Waals surface area contributed by atoms with Gasteiger partial charge >= 0.3 is 0 Å². The van der Waals surface area contributed by atoms with E-state index in [1.807, 2.05) is 0 Å². The van der Waals surface area contributed by atoms with Gasteiger partial charge in [-0.1, -0.05) is 48.5 Å². The van der Waals surface area contributed by atoms with Crippen molar-refractivity contribution in [3.63, 3.8) is 0 Å². The zero-order valence-corrected chi connectivity index (χ0v) is 9.96. The van der Waals surface area contributed by atoms with Crippen LogP contribution in [0.1, 0.15) is 16.7 Å². The Kier molecular flexibility index (Phi) is 2.25. The Morgan fingerprint density at radius 1 is 1.00 bits per heavy atom. The first-order chi connectivity index (χ1) is 8.24. The van der Waals surface area contributed by atoms with Crippen LogP contribution in [0.3, 0.4) is 0 Å². The molecule has 0 atom stereocenters. The molecule has 0 unspecified atom stereocenters. The van der Waals surface area contributed by atoms with Crippen molar-refractivity contribution >= 4 is 5.70 Å². The maximum atomic E-state index is 4.00. The molecule has 0 bridgehead atoms. The van der Waals surface area contributed by atoms with Crippen molar-refractivity contribution in [2.45, 2.75) is 13.5 Å². The molecule has 0 spiro atoms. The van der Waals surface area contributed by atoms with Crippen molar-refractivity contribution in [1.82, 2.24) is 5.32 Å². The maximum absolute atomic E-state index is 4.00. The number of hydrogen-bond acceptors (Lipinski definition) is 1. The standard InChI is InChI=1S/C16H15N/c1-11-3-5-13(6-4-11)14-7-8-16-12(2)17-10-15(16)9-14/h3-9,17H,2,10H2,1H3. The molecule has 1 aliphatic heterocycles. The molecule has 17 heavy (non-hydrogen) atoms. The van der Waals surface area contributed by atoms with E-state index in [-0.39, 0.29) is 0 Å². The first kappa shape index (κ1) is 10.2. The first-order valence-electron chi connectivity index (χ1n) is 5.87. The zero-order valence-electron chi connectivity index (χ0n) is 9.96. The van der Waals surface area contributed by atoms with Crippen LogP contribution in [-0.4, -0.2) is 0 Å². The highest BCUT2D eigenvalue weighted by Crippen LogP contribution is 2.28. The summed E-state index contributed by atoms with van der Waals surface area (Å²) >= 11 is 0. The molecule has 1 N–H and O–H groups in total. The highest BCUT2D eigenvalue weighted by molar-refractivity contribution is 5.74. The molecule has 0 saturated heterocycles. The van der Waals surface area contributed by atoms with Gasteiger partial charge in [-0.2, -0.15) is 0 Å². The van der Waals surface area contributed by atoms with E-state index in [2.05, 4.69) is 61.3 Å². The number of nitrogens with one attached hydrogen (secondary N) is 1. The molecule has 0 saturated carbocycles. The summed E-state index contributed by atoms with van der Waals surface area (Å²) in [5.74, 6) is 0. The van der Waals surface area contributed by atoms with Crippen molar-refractivity contribution in [2.24, 2.45) is 0 Å². The molecular weight excluding hydrogens is 206 g/mol. The molecule has 0 aromatic heterocycles. The summed E-state index contributed by atoms with van der Waals surface area (Å²) in [6.45, 7) is 7.01. The summed E-state index contributed by atoms with van der Waals surface area (Å²) in [4.78, 5) is 0. The lowest BCUT2D eigenvalue weighted by molar-refractivity contribution is 0.946. The minimum Gasteiger partial charge on any atom is -0.381 e. The normalized spacial score (nSPS) is 13.4. The van der Waals surface area contributed by atoms with E-state index in [1.165, 1.54) is 27.8 Å². The second-order valence-corrected chi connectivity index (χ2v) is 4.57. The van der Waals surface area contributed by atoms with Crippen LogP contribution in [0, 0.1) is 6.92 Å². The number of aryl methyl sites for hydroxylation is 1. The van der Waals surface area contributed by atoms with Gasteiger partial charge < -0.3 is 5.32 Å². The fourth-order valence-corrected chi connectivity index (χ4v) is 2.26. The van der Waals surface area contributed by atoms with Crippen LogP contribution < -0.4 is 5.32 Å². The second-order valence-electron chi connectivity index (χ2n) is 4.57. The fraction of sp³-hybridized carbons (Fsp3) is 0.125. The molecular formula is C16H15N. The number of hydrogen-bond donors (Lipinski definition) is 1. The van der Waals surface area contributed by atoms with Gasteiger partial charge in [0.2, 0.25) is 0 Å². The van der Waals surface area contributed by atoms with Gasteiger partial charge in [0.15, 0.2) is 0 Å². The van der Waals surface area contributed by atoms with Crippen LogP contribution in [0.15, 0.2) is 49.0 Å². The topological polar surface area (TPSA) is 12.0 Å². The predicted molar refractivity (Wildman–Crippen MR) is 72.5 cm³/mol. The van der Waals surface area contributed by atoms with Crippen molar-refractivity contribution in [3.05, 3.63) is 65.7 Å². The fourth-order valence-electron chi connectivity index (χ4n) is 2.26. The molecule has 3 rings (SSSR count). The average Bonchev–Trinajstić information content (AvgIpc) is 2.72. The molecule has 0 fully saturated rings. The molecule has 0 amide bonds. The third-order valence-corrected chi connectivity index (χ3v) is 3.31. The summed E-state index contributed by atoms with van der Waals surface area (Å²) in [6.07, 6.45) is 0. The third-order valence-electron chi connectivity index (χ3n) is 3.31. The minimum absolute atomic E-state index is 0.897. The lowest BCUT2D eigenvalue weighted by atomic mass is 9.99. The van der Waals surface area contributed by atoms with Crippen molar-refractivity contribution in [3.8, 4) is 11.1 Å². The average molecular weight is 221 g/mol. The number of rotatable bonds is 1. The van der Waals surface area contributed by atoms with Gasteiger partial charge in [0, 0.05) is 17.8 Å². The SMILES string of the molecule is C=C1NCc2cc(-c3ccc(C)cc3)ccc21. The van der Waals surface area contributed by atoms with E-state index in [9.17, 15) is 0 Å². The largest absolute Gasteiger partial charge is 0.381 e. The van der Waals surface area contributed by atoms with Crippen LogP contribution >= 0.6 is 0 Å². The second kappa shape index (κ2) is 3.77. The Morgan fingerprint density at radius 2 is 1.71 bits per heavy atom. The Labute approximate surface area is 102 Å².